The molecule has 2 heterocycles. The molecule has 0 unspecified atom stereocenters. The van der Waals surface area contributed by atoms with E-state index < -0.39 is 10.0 Å². The number of ether oxygens (including phenoxy) is 1. The van der Waals surface area contributed by atoms with E-state index in [0.717, 1.165) is 10.8 Å². The van der Waals surface area contributed by atoms with Crippen molar-refractivity contribution in [2.75, 3.05) is 33.4 Å². The van der Waals surface area contributed by atoms with E-state index in [1.54, 1.807) is 13.1 Å². The SMILES string of the molecule is CN=C(NCc1ccc(S(=O)(=O)N2CCOCC2)s1)NC1CC1.I. The maximum atomic E-state index is 12.6. The number of thiophene rings is 1. The lowest BCUT2D eigenvalue weighted by Gasteiger charge is -2.25. The second-order valence-electron chi connectivity index (χ2n) is 5.58. The largest absolute Gasteiger partial charge is 0.379 e. The van der Waals surface area contributed by atoms with Gasteiger partial charge in [0, 0.05) is 31.1 Å². The summed E-state index contributed by atoms with van der Waals surface area (Å²) in [5.41, 5.74) is 0. The molecule has 2 fully saturated rings. The first kappa shape index (κ1) is 19.9. The average molecular weight is 486 g/mol. The zero-order valence-electron chi connectivity index (χ0n) is 13.5. The number of halogens is 1. The second-order valence-corrected chi connectivity index (χ2v) is 8.91. The molecule has 24 heavy (non-hydrogen) atoms. The number of rotatable bonds is 5. The van der Waals surface area contributed by atoms with Crippen LogP contribution in [0.15, 0.2) is 21.3 Å². The highest BCUT2D eigenvalue weighted by atomic mass is 127. The predicted octanol–water partition coefficient (Wildman–Crippen LogP) is 1.21. The van der Waals surface area contributed by atoms with Gasteiger partial charge in [-0.25, -0.2) is 8.42 Å². The molecule has 3 rings (SSSR count). The van der Waals surface area contributed by atoms with E-state index >= 15 is 0 Å². The molecule has 2 aliphatic rings. The molecule has 2 N–H and O–H groups in total. The molecule has 1 aliphatic heterocycles. The summed E-state index contributed by atoms with van der Waals surface area (Å²) in [6, 6.07) is 4.07. The van der Waals surface area contributed by atoms with Gasteiger partial charge in [0.05, 0.1) is 19.8 Å². The average Bonchev–Trinajstić information content (AvgIpc) is 3.26. The van der Waals surface area contributed by atoms with Crippen LogP contribution in [0.1, 0.15) is 17.7 Å². The van der Waals surface area contributed by atoms with Crippen LogP contribution in [-0.4, -0.2) is 58.1 Å². The van der Waals surface area contributed by atoms with Gasteiger partial charge < -0.3 is 15.4 Å². The van der Waals surface area contributed by atoms with Crippen LogP contribution in [0.25, 0.3) is 0 Å². The molecular weight excluding hydrogens is 463 g/mol. The predicted molar refractivity (Wildman–Crippen MR) is 106 cm³/mol. The Balaban J connectivity index is 0.00000208. The van der Waals surface area contributed by atoms with E-state index in [2.05, 4.69) is 15.6 Å². The van der Waals surface area contributed by atoms with Crippen LogP contribution in [-0.2, 0) is 21.3 Å². The van der Waals surface area contributed by atoms with Crippen molar-refractivity contribution in [3.63, 3.8) is 0 Å². The van der Waals surface area contributed by atoms with E-state index in [-0.39, 0.29) is 24.0 Å². The molecule has 1 saturated carbocycles. The smallest absolute Gasteiger partial charge is 0.252 e. The van der Waals surface area contributed by atoms with Gasteiger partial charge in [-0.1, -0.05) is 0 Å². The molecule has 1 aromatic rings. The minimum atomic E-state index is -3.40. The summed E-state index contributed by atoms with van der Waals surface area (Å²) >= 11 is 1.30. The molecular formula is C14H23IN4O3S2. The molecule has 1 saturated heterocycles. The van der Waals surface area contributed by atoms with Crippen molar-refractivity contribution in [3.8, 4) is 0 Å². The molecule has 10 heteroatoms. The normalized spacial score (nSPS) is 19.6. The van der Waals surface area contributed by atoms with E-state index in [0.29, 0.717) is 43.1 Å². The van der Waals surface area contributed by atoms with Gasteiger partial charge in [0.25, 0.3) is 10.0 Å². The number of guanidine groups is 1. The van der Waals surface area contributed by atoms with Crippen molar-refractivity contribution in [2.45, 2.75) is 29.6 Å². The fourth-order valence-electron chi connectivity index (χ4n) is 2.29. The van der Waals surface area contributed by atoms with Crippen LogP contribution in [0.3, 0.4) is 0 Å². The molecule has 0 atom stereocenters. The molecule has 1 aromatic heterocycles. The van der Waals surface area contributed by atoms with Crippen molar-refractivity contribution in [2.24, 2.45) is 4.99 Å². The highest BCUT2D eigenvalue weighted by molar-refractivity contribution is 14.0. The van der Waals surface area contributed by atoms with Gasteiger partial charge >= 0.3 is 0 Å². The standard InChI is InChI=1S/C14H22N4O3S2.HI/c1-15-14(17-11-2-3-11)16-10-12-4-5-13(22-12)23(19,20)18-6-8-21-9-7-18;/h4-5,11H,2-3,6-10H2,1H3,(H2,15,16,17);1H. The number of hydrogen-bond donors (Lipinski definition) is 2. The van der Waals surface area contributed by atoms with Crippen LogP contribution >= 0.6 is 35.3 Å². The van der Waals surface area contributed by atoms with Crippen LogP contribution in [0.4, 0.5) is 0 Å². The molecule has 0 bridgehead atoms. The summed E-state index contributed by atoms with van der Waals surface area (Å²) < 4.78 is 32.2. The number of sulfonamides is 1. The first-order chi connectivity index (χ1) is 11.1. The number of nitrogens with zero attached hydrogens (tertiary/aromatic N) is 2. The zero-order chi connectivity index (χ0) is 16.3. The lowest BCUT2D eigenvalue weighted by atomic mass is 10.4. The molecule has 136 valence electrons. The summed E-state index contributed by atoms with van der Waals surface area (Å²) in [5, 5.41) is 6.52. The van der Waals surface area contributed by atoms with Crippen LogP contribution < -0.4 is 10.6 Å². The molecule has 0 spiro atoms. The van der Waals surface area contributed by atoms with E-state index in [1.807, 2.05) is 6.07 Å². The maximum Gasteiger partial charge on any atom is 0.252 e. The van der Waals surface area contributed by atoms with E-state index in [9.17, 15) is 8.42 Å². The summed E-state index contributed by atoms with van der Waals surface area (Å²) in [6.45, 7) is 2.33. The molecule has 0 radical (unpaired) electrons. The Bertz CT molecular complexity index is 667. The third-order valence-electron chi connectivity index (χ3n) is 3.77. The molecule has 1 aliphatic carbocycles. The van der Waals surface area contributed by atoms with Crippen molar-refractivity contribution >= 4 is 51.3 Å². The Hall–Kier alpha value is -0.430. The van der Waals surface area contributed by atoms with Crippen LogP contribution in [0.2, 0.25) is 0 Å². The van der Waals surface area contributed by atoms with E-state index in [1.165, 1.54) is 28.5 Å². The van der Waals surface area contributed by atoms with Gasteiger partial charge in [0.1, 0.15) is 4.21 Å². The summed E-state index contributed by atoms with van der Waals surface area (Å²) in [4.78, 5) is 5.14. The van der Waals surface area contributed by atoms with Gasteiger partial charge in [-0.05, 0) is 25.0 Å². The Morgan fingerprint density at radius 1 is 1.38 bits per heavy atom. The van der Waals surface area contributed by atoms with Gasteiger partial charge in [0.15, 0.2) is 5.96 Å². The van der Waals surface area contributed by atoms with Crippen LogP contribution in [0.5, 0.6) is 0 Å². The van der Waals surface area contributed by atoms with Gasteiger partial charge in [-0.3, -0.25) is 4.99 Å². The lowest BCUT2D eigenvalue weighted by Crippen LogP contribution is -2.40. The van der Waals surface area contributed by atoms with Crippen molar-refractivity contribution in [1.29, 1.82) is 0 Å². The number of morpholine rings is 1. The Labute approximate surface area is 163 Å². The Morgan fingerprint density at radius 2 is 2.08 bits per heavy atom. The quantitative estimate of drug-likeness (QED) is 0.372. The molecule has 7 nitrogen and oxygen atoms in total. The minimum absolute atomic E-state index is 0. The molecule has 0 aromatic carbocycles. The summed E-state index contributed by atoms with van der Waals surface area (Å²) in [7, 11) is -1.66. The third kappa shape index (κ3) is 5.04. The van der Waals surface area contributed by atoms with Gasteiger partial charge in [0.2, 0.25) is 0 Å². The van der Waals surface area contributed by atoms with Crippen molar-refractivity contribution in [3.05, 3.63) is 17.0 Å². The highest BCUT2D eigenvalue weighted by Gasteiger charge is 2.27. The van der Waals surface area contributed by atoms with Crippen molar-refractivity contribution < 1.29 is 13.2 Å². The summed E-state index contributed by atoms with van der Waals surface area (Å²) in [5.74, 6) is 0.762. The topological polar surface area (TPSA) is 83.0 Å². The number of nitrogens with one attached hydrogen (secondary N) is 2. The third-order valence-corrected chi connectivity index (χ3v) is 7.22. The Morgan fingerprint density at radius 3 is 2.71 bits per heavy atom. The Kier molecular flexibility index (Phi) is 7.28. The van der Waals surface area contributed by atoms with Gasteiger partial charge in [-0.15, -0.1) is 35.3 Å². The molecule has 0 amide bonds. The maximum absolute atomic E-state index is 12.6. The fraction of sp³-hybridized carbons (Fsp3) is 0.643. The van der Waals surface area contributed by atoms with Crippen molar-refractivity contribution in [1.82, 2.24) is 14.9 Å². The van der Waals surface area contributed by atoms with Gasteiger partial charge in [-0.2, -0.15) is 4.31 Å². The summed E-state index contributed by atoms with van der Waals surface area (Å²) in [6.07, 6.45) is 2.36. The van der Waals surface area contributed by atoms with E-state index in [4.69, 9.17) is 4.74 Å². The lowest BCUT2D eigenvalue weighted by molar-refractivity contribution is 0.0731. The monoisotopic (exact) mass is 486 g/mol. The second kappa shape index (κ2) is 8.79. The minimum Gasteiger partial charge on any atom is -0.379 e. The first-order valence-corrected chi connectivity index (χ1v) is 9.99. The fourth-order valence-corrected chi connectivity index (χ4v) is 5.15. The highest BCUT2D eigenvalue weighted by Crippen LogP contribution is 2.25. The number of aliphatic imine (C=N–C) groups is 1. The van der Waals surface area contributed by atoms with Crippen LogP contribution in [0, 0.1) is 0 Å². The first-order valence-electron chi connectivity index (χ1n) is 7.73. The number of hydrogen-bond acceptors (Lipinski definition) is 5. The zero-order valence-corrected chi connectivity index (χ0v) is 17.5.